The van der Waals surface area contributed by atoms with E-state index < -0.39 is 5.91 Å². The zero-order valence-corrected chi connectivity index (χ0v) is 25.1. The Hall–Kier alpha value is -3.62. The van der Waals surface area contributed by atoms with Crippen LogP contribution in [0.3, 0.4) is 0 Å². The van der Waals surface area contributed by atoms with Crippen LogP contribution in [0.4, 0.5) is 4.39 Å². The van der Waals surface area contributed by atoms with Gasteiger partial charge in [0.25, 0.3) is 0 Å². The first-order valence-corrected chi connectivity index (χ1v) is 15.7. The van der Waals surface area contributed by atoms with Gasteiger partial charge < -0.3 is 19.9 Å². The van der Waals surface area contributed by atoms with Gasteiger partial charge >= 0.3 is 5.97 Å². The van der Waals surface area contributed by atoms with E-state index in [0.717, 1.165) is 72.6 Å². The second-order valence-corrected chi connectivity index (χ2v) is 11.9. The summed E-state index contributed by atoms with van der Waals surface area (Å²) in [5, 5.41) is 1.15. The van der Waals surface area contributed by atoms with Gasteiger partial charge in [0, 0.05) is 27.2 Å². The molecule has 6 nitrogen and oxygen atoms in total. The minimum Gasteiger partial charge on any atom is -0.462 e. The molecule has 0 aliphatic carbocycles. The van der Waals surface area contributed by atoms with Crippen molar-refractivity contribution in [3.8, 4) is 5.69 Å². The standard InChI is InChI=1S/C34H38FN3O3S/c1-3-30-32(23-16-19-37(20-17-23)18-5-21-42-28-13-9-26(35)10-14-28)29-15-8-25(33(36)39)22-31(29)38(30)27-11-6-24(7-12-27)34(40)41-4-2/h6-15,22-23H,3-5,16-21H2,1-2H3,(H2,36,39). The summed E-state index contributed by atoms with van der Waals surface area (Å²) < 4.78 is 20.5. The van der Waals surface area contributed by atoms with E-state index in [-0.39, 0.29) is 11.8 Å². The van der Waals surface area contributed by atoms with E-state index >= 15 is 0 Å². The average Bonchev–Trinajstić information content (AvgIpc) is 3.34. The Morgan fingerprint density at radius 3 is 2.31 bits per heavy atom. The highest BCUT2D eigenvalue weighted by atomic mass is 32.2. The number of piperidine rings is 1. The van der Waals surface area contributed by atoms with E-state index in [2.05, 4.69) is 16.4 Å². The molecule has 8 heteroatoms. The van der Waals surface area contributed by atoms with Crippen molar-refractivity contribution in [3.63, 3.8) is 0 Å². The van der Waals surface area contributed by atoms with Crippen molar-refractivity contribution in [1.82, 2.24) is 9.47 Å². The fraction of sp³-hybridized carbons (Fsp3) is 0.353. The molecule has 2 heterocycles. The van der Waals surface area contributed by atoms with Gasteiger partial charge in [-0.05, 0) is 130 Å². The van der Waals surface area contributed by atoms with Crippen LogP contribution in [0, 0.1) is 5.82 Å². The summed E-state index contributed by atoms with van der Waals surface area (Å²) in [6, 6.07) is 20.0. The molecule has 0 radical (unpaired) electrons. The number of amides is 1. The van der Waals surface area contributed by atoms with Crippen LogP contribution in [-0.2, 0) is 11.2 Å². The molecule has 1 aliphatic rings. The first kappa shape index (κ1) is 29.9. The Balaban J connectivity index is 1.35. The summed E-state index contributed by atoms with van der Waals surface area (Å²) in [4.78, 5) is 28.0. The zero-order chi connectivity index (χ0) is 29.6. The maximum atomic E-state index is 13.2. The summed E-state index contributed by atoms with van der Waals surface area (Å²) in [6.45, 7) is 7.42. The maximum Gasteiger partial charge on any atom is 0.338 e. The predicted molar refractivity (Wildman–Crippen MR) is 167 cm³/mol. The Bertz CT molecular complexity index is 1540. The lowest BCUT2D eigenvalue weighted by Gasteiger charge is -2.32. The molecule has 42 heavy (non-hydrogen) atoms. The normalized spacial score (nSPS) is 14.4. The number of thioether (sulfide) groups is 1. The molecule has 3 aromatic carbocycles. The van der Waals surface area contributed by atoms with Gasteiger partial charge in [-0.3, -0.25) is 4.79 Å². The summed E-state index contributed by atoms with van der Waals surface area (Å²) >= 11 is 1.78. The van der Waals surface area contributed by atoms with Crippen molar-refractivity contribution >= 4 is 34.5 Å². The average molecular weight is 588 g/mol. The SMILES string of the molecule is CCOC(=O)c1ccc(-n2c(CC)c(C3CCN(CCCSc4ccc(F)cc4)CC3)c3ccc(C(N)=O)cc32)cc1. The van der Waals surface area contributed by atoms with E-state index in [1.165, 1.54) is 23.4 Å². The van der Waals surface area contributed by atoms with Crippen LogP contribution in [0.25, 0.3) is 16.6 Å². The molecule has 5 rings (SSSR count). The summed E-state index contributed by atoms with van der Waals surface area (Å²) in [5.41, 5.74) is 11.1. The van der Waals surface area contributed by atoms with Crippen LogP contribution in [0.2, 0.25) is 0 Å². The van der Waals surface area contributed by atoms with Crippen molar-refractivity contribution in [2.24, 2.45) is 5.73 Å². The Kier molecular flexibility index (Phi) is 9.65. The molecule has 220 valence electrons. The van der Waals surface area contributed by atoms with E-state index in [1.54, 1.807) is 30.8 Å². The van der Waals surface area contributed by atoms with E-state index in [0.29, 0.717) is 23.7 Å². The lowest BCUT2D eigenvalue weighted by Crippen LogP contribution is -2.34. The van der Waals surface area contributed by atoms with Gasteiger partial charge in [0.15, 0.2) is 0 Å². The smallest absolute Gasteiger partial charge is 0.338 e. The lowest BCUT2D eigenvalue weighted by molar-refractivity contribution is 0.0526. The van der Waals surface area contributed by atoms with Gasteiger partial charge in [0.05, 0.1) is 17.7 Å². The minimum absolute atomic E-state index is 0.197. The number of rotatable bonds is 11. The van der Waals surface area contributed by atoms with Gasteiger partial charge in [-0.2, -0.15) is 0 Å². The Morgan fingerprint density at radius 2 is 1.67 bits per heavy atom. The number of esters is 1. The topological polar surface area (TPSA) is 77.6 Å². The van der Waals surface area contributed by atoms with Crippen molar-refractivity contribution in [1.29, 1.82) is 0 Å². The predicted octanol–water partition coefficient (Wildman–Crippen LogP) is 6.97. The van der Waals surface area contributed by atoms with Crippen LogP contribution in [0.15, 0.2) is 71.6 Å². The monoisotopic (exact) mass is 587 g/mol. The molecule has 0 spiro atoms. The number of likely N-dealkylation sites (tertiary alicyclic amines) is 1. The van der Waals surface area contributed by atoms with E-state index in [4.69, 9.17) is 10.5 Å². The molecule has 1 aromatic heterocycles. The molecule has 0 atom stereocenters. The third kappa shape index (κ3) is 6.55. The lowest BCUT2D eigenvalue weighted by atomic mass is 9.86. The highest BCUT2D eigenvalue weighted by Crippen LogP contribution is 2.40. The van der Waals surface area contributed by atoms with Crippen LogP contribution < -0.4 is 5.73 Å². The molecule has 1 amide bonds. The van der Waals surface area contributed by atoms with Crippen LogP contribution in [-0.4, -0.2) is 53.3 Å². The third-order valence-corrected chi connectivity index (χ3v) is 9.16. The molecule has 4 aromatic rings. The first-order valence-electron chi connectivity index (χ1n) is 14.7. The number of hydrogen-bond donors (Lipinski definition) is 1. The third-order valence-electron chi connectivity index (χ3n) is 8.06. The van der Waals surface area contributed by atoms with Gasteiger partial charge in [0.1, 0.15) is 5.82 Å². The van der Waals surface area contributed by atoms with Crippen molar-refractivity contribution < 1.29 is 18.7 Å². The van der Waals surface area contributed by atoms with Crippen LogP contribution >= 0.6 is 11.8 Å². The highest BCUT2D eigenvalue weighted by molar-refractivity contribution is 7.99. The molecular formula is C34H38FN3O3S. The number of aromatic nitrogens is 1. The van der Waals surface area contributed by atoms with Crippen LogP contribution in [0.1, 0.15) is 71.0 Å². The Labute approximate surface area is 251 Å². The summed E-state index contributed by atoms with van der Waals surface area (Å²) in [6.07, 6.45) is 4.05. The summed E-state index contributed by atoms with van der Waals surface area (Å²) in [5.74, 6) is 0.432. The fourth-order valence-electron chi connectivity index (χ4n) is 6.03. The van der Waals surface area contributed by atoms with Gasteiger partial charge in [0.2, 0.25) is 5.91 Å². The quantitative estimate of drug-likeness (QED) is 0.117. The number of benzene rings is 3. The number of primary amides is 1. The number of halogens is 1. The molecular weight excluding hydrogens is 549 g/mol. The number of carbonyl (C=O) groups excluding carboxylic acids is 2. The van der Waals surface area contributed by atoms with Crippen molar-refractivity contribution in [3.05, 3.63) is 94.9 Å². The number of ether oxygens (including phenoxy) is 1. The minimum atomic E-state index is -0.451. The second-order valence-electron chi connectivity index (χ2n) is 10.7. The zero-order valence-electron chi connectivity index (χ0n) is 24.3. The highest BCUT2D eigenvalue weighted by Gasteiger charge is 2.28. The largest absolute Gasteiger partial charge is 0.462 e. The molecule has 1 saturated heterocycles. The number of nitrogens with two attached hydrogens (primary N) is 1. The molecule has 2 N–H and O–H groups in total. The number of carbonyl (C=O) groups is 2. The van der Waals surface area contributed by atoms with Gasteiger partial charge in [-0.15, -0.1) is 11.8 Å². The van der Waals surface area contributed by atoms with Gasteiger partial charge in [-0.1, -0.05) is 13.0 Å². The van der Waals surface area contributed by atoms with E-state index in [1.807, 2.05) is 42.5 Å². The first-order chi connectivity index (χ1) is 20.4. The molecule has 0 bridgehead atoms. The number of hydrogen-bond acceptors (Lipinski definition) is 5. The molecule has 0 unspecified atom stereocenters. The summed E-state index contributed by atoms with van der Waals surface area (Å²) in [7, 11) is 0. The fourth-order valence-corrected chi connectivity index (χ4v) is 6.87. The van der Waals surface area contributed by atoms with Crippen LogP contribution in [0.5, 0.6) is 0 Å². The molecule has 0 saturated carbocycles. The van der Waals surface area contributed by atoms with Gasteiger partial charge in [-0.25, -0.2) is 9.18 Å². The van der Waals surface area contributed by atoms with Crippen molar-refractivity contribution in [2.45, 2.75) is 50.3 Å². The maximum absolute atomic E-state index is 13.2. The Morgan fingerprint density at radius 1 is 0.976 bits per heavy atom. The second kappa shape index (κ2) is 13.6. The van der Waals surface area contributed by atoms with E-state index in [9.17, 15) is 14.0 Å². The van der Waals surface area contributed by atoms with Crippen molar-refractivity contribution in [2.75, 3.05) is 32.0 Å². The number of nitrogens with zero attached hydrogens (tertiary/aromatic N) is 2. The molecule has 1 fully saturated rings. The number of fused-ring (bicyclic) bond motifs is 1. The molecule has 1 aliphatic heterocycles.